The van der Waals surface area contributed by atoms with E-state index in [1.54, 1.807) is 19.1 Å². The van der Waals surface area contributed by atoms with Crippen LogP contribution in [0.25, 0.3) is 22.3 Å². The van der Waals surface area contributed by atoms with Crippen LogP contribution in [0.2, 0.25) is 0 Å². The van der Waals surface area contributed by atoms with Crippen molar-refractivity contribution in [3.05, 3.63) is 83.4 Å². The van der Waals surface area contributed by atoms with Gasteiger partial charge in [-0.15, -0.1) is 0 Å². The molecule has 26 heavy (non-hydrogen) atoms. The first kappa shape index (κ1) is 18.2. The van der Waals surface area contributed by atoms with Crippen LogP contribution in [0.4, 0.5) is 13.2 Å². The second-order valence-electron chi connectivity index (χ2n) is 6.50. The molecule has 0 spiro atoms. The highest BCUT2D eigenvalue weighted by molar-refractivity contribution is 5.71. The largest absolute Gasteiger partial charge is 0.251 e. The molecule has 134 valence electrons. The smallest absolute Gasteiger partial charge is 0.131 e. The molecule has 3 aromatic rings. The minimum atomic E-state index is -0.336. The lowest BCUT2D eigenvalue weighted by molar-refractivity contribution is 0.462. The summed E-state index contributed by atoms with van der Waals surface area (Å²) in [5.41, 5.74) is 4.47. The van der Waals surface area contributed by atoms with Crippen molar-refractivity contribution in [2.24, 2.45) is 0 Å². The average molecular weight is 354 g/mol. The van der Waals surface area contributed by atoms with Crippen LogP contribution in [0.3, 0.4) is 0 Å². The van der Waals surface area contributed by atoms with Gasteiger partial charge < -0.3 is 0 Å². The molecule has 0 N–H and O–H groups in total. The molecule has 0 radical (unpaired) electrons. The van der Waals surface area contributed by atoms with Crippen LogP contribution in [-0.2, 0) is 6.42 Å². The minimum Gasteiger partial charge on any atom is -0.251 e. The highest BCUT2D eigenvalue weighted by Crippen LogP contribution is 2.28. The lowest BCUT2D eigenvalue weighted by Crippen LogP contribution is -1.91. The van der Waals surface area contributed by atoms with Crippen molar-refractivity contribution in [3.63, 3.8) is 0 Å². The van der Waals surface area contributed by atoms with Gasteiger partial charge >= 0.3 is 0 Å². The fourth-order valence-electron chi connectivity index (χ4n) is 2.99. The molecule has 0 atom stereocenters. The van der Waals surface area contributed by atoms with E-state index in [-0.39, 0.29) is 18.3 Å². The zero-order valence-corrected chi connectivity index (χ0v) is 14.7. The molecule has 0 unspecified atom stereocenters. The number of benzene rings is 3. The summed E-state index contributed by atoms with van der Waals surface area (Å²) >= 11 is 0. The van der Waals surface area contributed by atoms with E-state index >= 15 is 0 Å². The fourth-order valence-corrected chi connectivity index (χ4v) is 2.99. The number of unbranched alkanes of at least 4 members (excludes halogenated alkanes) is 1. The molecule has 0 aliphatic heterocycles. The maximum atomic E-state index is 14.4. The Labute approximate surface area is 152 Å². The maximum Gasteiger partial charge on any atom is 0.131 e. The van der Waals surface area contributed by atoms with Crippen molar-refractivity contribution in [2.45, 2.75) is 26.2 Å². The number of alkyl halides is 1. The van der Waals surface area contributed by atoms with Gasteiger partial charge in [0.25, 0.3) is 0 Å². The molecule has 3 aromatic carbocycles. The fraction of sp³-hybridized carbons (Fsp3) is 0.217. The normalized spacial score (nSPS) is 10.9. The van der Waals surface area contributed by atoms with Crippen LogP contribution >= 0.6 is 0 Å². The quantitative estimate of drug-likeness (QED) is 0.422. The van der Waals surface area contributed by atoms with E-state index in [1.807, 2.05) is 36.4 Å². The predicted octanol–water partition coefficient (Wildman–Crippen LogP) is 6.90. The second kappa shape index (κ2) is 8.22. The van der Waals surface area contributed by atoms with Crippen LogP contribution in [-0.4, -0.2) is 6.67 Å². The second-order valence-corrected chi connectivity index (χ2v) is 6.50. The standard InChI is InChI=1S/C23H21F3/c1-16-5-7-20(15-22(16)25)18-8-10-19(11-9-18)21-12-6-17(14-23(21)26)4-2-3-13-24/h5-12,14-15H,2-4,13H2,1H3. The Hall–Kier alpha value is -2.55. The first-order valence-electron chi connectivity index (χ1n) is 8.80. The molecule has 0 saturated carbocycles. The highest BCUT2D eigenvalue weighted by Gasteiger charge is 2.08. The third-order valence-corrected chi connectivity index (χ3v) is 4.58. The summed E-state index contributed by atoms with van der Waals surface area (Å²) in [4.78, 5) is 0. The van der Waals surface area contributed by atoms with E-state index in [0.29, 0.717) is 24.0 Å². The lowest BCUT2D eigenvalue weighted by Gasteiger charge is -2.08. The number of halogens is 3. The lowest BCUT2D eigenvalue weighted by atomic mass is 9.98. The molecule has 0 saturated heterocycles. The Morgan fingerprint density at radius 1 is 0.692 bits per heavy atom. The Bertz CT molecular complexity index is 882. The Morgan fingerprint density at radius 2 is 1.38 bits per heavy atom. The van der Waals surface area contributed by atoms with Gasteiger partial charge in [-0.2, -0.15) is 0 Å². The minimum absolute atomic E-state index is 0.235. The van der Waals surface area contributed by atoms with Crippen LogP contribution in [0.1, 0.15) is 24.0 Å². The van der Waals surface area contributed by atoms with Crippen molar-refractivity contribution < 1.29 is 13.2 Å². The molecule has 0 heterocycles. The zero-order valence-electron chi connectivity index (χ0n) is 14.7. The summed E-state index contributed by atoms with van der Waals surface area (Å²) in [6.07, 6.45) is 1.90. The van der Waals surface area contributed by atoms with Gasteiger partial charge in [0.2, 0.25) is 0 Å². The Balaban J connectivity index is 1.80. The summed E-state index contributed by atoms with van der Waals surface area (Å²) < 4.78 is 40.3. The number of rotatable bonds is 6. The topological polar surface area (TPSA) is 0 Å². The van der Waals surface area contributed by atoms with Gasteiger partial charge in [-0.25, -0.2) is 8.78 Å². The molecule has 0 amide bonds. The molecular weight excluding hydrogens is 333 g/mol. The third-order valence-electron chi connectivity index (χ3n) is 4.58. The maximum absolute atomic E-state index is 14.4. The number of hydrogen-bond acceptors (Lipinski definition) is 0. The van der Waals surface area contributed by atoms with Gasteiger partial charge in [-0.1, -0.05) is 48.5 Å². The first-order valence-corrected chi connectivity index (χ1v) is 8.80. The van der Waals surface area contributed by atoms with Crippen LogP contribution in [0, 0.1) is 18.6 Å². The Kier molecular flexibility index (Phi) is 5.77. The molecule has 0 fully saturated rings. The average Bonchev–Trinajstić information content (AvgIpc) is 2.65. The van der Waals surface area contributed by atoms with Gasteiger partial charge in [0.05, 0.1) is 6.67 Å². The molecule has 3 heteroatoms. The zero-order chi connectivity index (χ0) is 18.5. The molecule has 0 aliphatic carbocycles. The van der Waals surface area contributed by atoms with E-state index in [0.717, 1.165) is 28.7 Å². The summed E-state index contributed by atoms with van der Waals surface area (Å²) in [6, 6.07) is 17.7. The van der Waals surface area contributed by atoms with Crippen LogP contribution in [0.5, 0.6) is 0 Å². The molecule has 0 bridgehead atoms. The van der Waals surface area contributed by atoms with Crippen molar-refractivity contribution in [3.8, 4) is 22.3 Å². The van der Waals surface area contributed by atoms with E-state index in [4.69, 9.17) is 0 Å². The molecule has 3 rings (SSSR count). The van der Waals surface area contributed by atoms with Crippen LogP contribution < -0.4 is 0 Å². The van der Waals surface area contributed by atoms with Crippen molar-refractivity contribution in [2.75, 3.05) is 6.67 Å². The third kappa shape index (κ3) is 4.16. The first-order chi connectivity index (χ1) is 12.6. The highest BCUT2D eigenvalue weighted by atomic mass is 19.1. The molecular formula is C23H21F3. The SMILES string of the molecule is Cc1ccc(-c2ccc(-c3ccc(CCCCF)cc3F)cc2)cc1F. The van der Waals surface area contributed by atoms with Crippen molar-refractivity contribution >= 4 is 0 Å². The van der Waals surface area contributed by atoms with Gasteiger partial charge in [0.15, 0.2) is 0 Å². The molecule has 0 nitrogen and oxygen atoms in total. The Morgan fingerprint density at radius 3 is 2.04 bits per heavy atom. The van der Waals surface area contributed by atoms with Crippen molar-refractivity contribution in [1.82, 2.24) is 0 Å². The predicted molar refractivity (Wildman–Crippen MR) is 101 cm³/mol. The van der Waals surface area contributed by atoms with Crippen molar-refractivity contribution in [1.29, 1.82) is 0 Å². The van der Waals surface area contributed by atoms with E-state index < -0.39 is 0 Å². The van der Waals surface area contributed by atoms with Gasteiger partial charge in [0.1, 0.15) is 11.6 Å². The van der Waals surface area contributed by atoms with Crippen LogP contribution in [0.15, 0.2) is 60.7 Å². The van der Waals surface area contributed by atoms with Gasteiger partial charge in [-0.05, 0) is 66.1 Å². The summed E-state index contributed by atoms with van der Waals surface area (Å²) in [5.74, 6) is -0.516. The number of hydrogen-bond donors (Lipinski definition) is 0. The summed E-state index contributed by atoms with van der Waals surface area (Å²) in [7, 11) is 0. The van der Waals surface area contributed by atoms with Gasteiger partial charge in [-0.3, -0.25) is 4.39 Å². The summed E-state index contributed by atoms with van der Waals surface area (Å²) in [6.45, 7) is 1.39. The molecule has 0 aromatic heterocycles. The van der Waals surface area contributed by atoms with E-state index in [2.05, 4.69) is 0 Å². The van der Waals surface area contributed by atoms with E-state index in [9.17, 15) is 13.2 Å². The monoisotopic (exact) mass is 354 g/mol. The van der Waals surface area contributed by atoms with Gasteiger partial charge in [0, 0.05) is 5.56 Å². The van der Waals surface area contributed by atoms with E-state index in [1.165, 1.54) is 12.1 Å². The molecule has 0 aliphatic rings. The number of aryl methyl sites for hydroxylation is 2. The summed E-state index contributed by atoms with van der Waals surface area (Å²) in [5, 5.41) is 0.